The van der Waals surface area contributed by atoms with Crippen LogP contribution in [0.4, 0.5) is 5.69 Å². The highest BCUT2D eigenvalue weighted by molar-refractivity contribution is 8.15. The van der Waals surface area contributed by atoms with Crippen molar-refractivity contribution in [2.24, 2.45) is 4.99 Å². The number of amides is 2. The van der Waals surface area contributed by atoms with E-state index in [0.29, 0.717) is 28.0 Å². The molecular formula is C20H20N2O5S. The largest absolute Gasteiger partial charge is 0.497 e. The minimum atomic E-state index is -0.564. The van der Waals surface area contributed by atoms with Gasteiger partial charge in [-0.25, -0.2) is 4.99 Å². The average molecular weight is 400 g/mol. The van der Waals surface area contributed by atoms with E-state index in [-0.39, 0.29) is 24.8 Å². The number of methoxy groups -OCH3 is 2. The van der Waals surface area contributed by atoms with Crippen LogP contribution in [-0.2, 0) is 9.59 Å². The lowest BCUT2D eigenvalue weighted by Gasteiger charge is -2.13. The number of nitrogens with one attached hydrogen (secondary N) is 1. The maximum atomic E-state index is 12.4. The average Bonchev–Trinajstić information content (AvgIpc) is 3.06. The highest BCUT2D eigenvalue weighted by atomic mass is 32.2. The minimum Gasteiger partial charge on any atom is -0.497 e. The SMILES string of the molecule is COc1ccc(OC)c(NC(=O)C[C@H]2SC(COc3ccccc3)=NC2=O)c1. The van der Waals surface area contributed by atoms with Crippen molar-refractivity contribution in [1.29, 1.82) is 0 Å². The van der Waals surface area contributed by atoms with Crippen molar-refractivity contribution in [3.63, 3.8) is 0 Å². The summed E-state index contributed by atoms with van der Waals surface area (Å²) in [6.45, 7) is 0.197. The van der Waals surface area contributed by atoms with E-state index in [9.17, 15) is 9.59 Å². The maximum Gasteiger partial charge on any atom is 0.260 e. The van der Waals surface area contributed by atoms with Crippen LogP contribution in [0.5, 0.6) is 17.2 Å². The van der Waals surface area contributed by atoms with E-state index in [1.807, 2.05) is 30.3 Å². The summed E-state index contributed by atoms with van der Waals surface area (Å²) in [5.74, 6) is 1.16. The first-order valence-electron chi connectivity index (χ1n) is 8.57. The van der Waals surface area contributed by atoms with E-state index in [1.54, 1.807) is 18.2 Å². The Morgan fingerprint density at radius 3 is 2.61 bits per heavy atom. The molecule has 0 aliphatic carbocycles. The second-order valence-corrected chi connectivity index (χ2v) is 7.15. The number of hydrogen-bond donors (Lipinski definition) is 1. The summed E-state index contributed by atoms with van der Waals surface area (Å²) in [4.78, 5) is 28.5. The van der Waals surface area contributed by atoms with Crippen LogP contribution in [0.3, 0.4) is 0 Å². The molecule has 2 amide bonds. The van der Waals surface area contributed by atoms with Gasteiger partial charge in [-0.05, 0) is 24.3 Å². The predicted octanol–water partition coefficient (Wildman–Crippen LogP) is 3.15. The Bertz CT molecular complexity index is 885. The number of para-hydroxylation sites is 1. The number of nitrogens with zero attached hydrogens (tertiary/aromatic N) is 1. The number of ether oxygens (including phenoxy) is 3. The predicted molar refractivity (Wildman–Crippen MR) is 109 cm³/mol. The molecule has 0 saturated carbocycles. The smallest absolute Gasteiger partial charge is 0.260 e. The van der Waals surface area contributed by atoms with Crippen LogP contribution < -0.4 is 19.5 Å². The van der Waals surface area contributed by atoms with E-state index in [0.717, 1.165) is 0 Å². The molecule has 0 radical (unpaired) electrons. The molecule has 0 spiro atoms. The van der Waals surface area contributed by atoms with E-state index in [2.05, 4.69) is 10.3 Å². The molecule has 1 aliphatic rings. The summed E-state index contributed by atoms with van der Waals surface area (Å²) in [5, 5.41) is 2.76. The molecule has 0 bridgehead atoms. The van der Waals surface area contributed by atoms with Crippen LogP contribution in [0.1, 0.15) is 6.42 Å². The van der Waals surface area contributed by atoms with Gasteiger partial charge in [0.1, 0.15) is 34.1 Å². The van der Waals surface area contributed by atoms with Crippen LogP contribution in [-0.4, -0.2) is 42.9 Å². The first kappa shape index (κ1) is 19.8. The van der Waals surface area contributed by atoms with Gasteiger partial charge in [0.25, 0.3) is 5.91 Å². The molecular weight excluding hydrogens is 380 g/mol. The highest BCUT2D eigenvalue weighted by Gasteiger charge is 2.30. The fourth-order valence-corrected chi connectivity index (χ4v) is 3.56. The summed E-state index contributed by atoms with van der Waals surface area (Å²) in [6, 6.07) is 14.4. The van der Waals surface area contributed by atoms with Gasteiger partial charge in [0.2, 0.25) is 5.91 Å². The van der Waals surface area contributed by atoms with Crippen molar-refractivity contribution >= 4 is 34.3 Å². The number of aliphatic imine (C=N–C) groups is 1. The molecule has 28 heavy (non-hydrogen) atoms. The summed E-state index contributed by atoms with van der Waals surface area (Å²) in [5.41, 5.74) is 0.482. The van der Waals surface area contributed by atoms with Gasteiger partial charge in [0, 0.05) is 12.5 Å². The van der Waals surface area contributed by atoms with Gasteiger partial charge in [-0.15, -0.1) is 0 Å². The Morgan fingerprint density at radius 2 is 1.89 bits per heavy atom. The molecule has 3 rings (SSSR count). The van der Waals surface area contributed by atoms with Crippen LogP contribution in [0.2, 0.25) is 0 Å². The molecule has 0 aromatic heterocycles. The summed E-state index contributed by atoms with van der Waals surface area (Å²) in [7, 11) is 3.05. The van der Waals surface area contributed by atoms with E-state index in [4.69, 9.17) is 14.2 Å². The molecule has 2 aromatic carbocycles. The fourth-order valence-electron chi connectivity index (χ4n) is 2.57. The van der Waals surface area contributed by atoms with Gasteiger partial charge in [-0.2, -0.15) is 0 Å². The van der Waals surface area contributed by atoms with Crippen molar-refractivity contribution < 1.29 is 23.8 Å². The number of anilines is 1. The Labute approximate surface area is 167 Å². The summed E-state index contributed by atoms with van der Waals surface area (Å²) in [6.07, 6.45) is 0.00218. The van der Waals surface area contributed by atoms with Crippen molar-refractivity contribution in [2.75, 3.05) is 26.1 Å². The second-order valence-electron chi connectivity index (χ2n) is 5.87. The van der Waals surface area contributed by atoms with E-state index in [1.165, 1.54) is 26.0 Å². The Morgan fingerprint density at radius 1 is 1.11 bits per heavy atom. The Balaban J connectivity index is 1.55. The van der Waals surface area contributed by atoms with Crippen LogP contribution >= 0.6 is 11.8 Å². The maximum absolute atomic E-state index is 12.4. The van der Waals surface area contributed by atoms with Crippen LogP contribution in [0, 0.1) is 0 Å². The Kier molecular flexibility index (Phi) is 6.54. The molecule has 1 atom stereocenters. The number of carbonyl (C=O) groups excluding carboxylic acids is 2. The number of hydrogen-bond acceptors (Lipinski definition) is 6. The normalized spacial score (nSPS) is 15.7. The standard InChI is InChI=1S/C20H20N2O5S/c1-25-14-8-9-16(26-2)15(10-14)21-18(23)11-17-20(24)22-19(28-17)12-27-13-6-4-3-5-7-13/h3-10,17H,11-12H2,1-2H3,(H,21,23)/t17-/m1/s1. The number of thioether (sulfide) groups is 1. The molecule has 146 valence electrons. The van der Waals surface area contributed by atoms with E-state index >= 15 is 0 Å². The number of rotatable bonds is 8. The molecule has 0 fully saturated rings. The lowest BCUT2D eigenvalue weighted by molar-refractivity contribution is -0.121. The zero-order valence-corrected chi connectivity index (χ0v) is 16.3. The van der Waals surface area contributed by atoms with Crippen molar-refractivity contribution in [3.05, 3.63) is 48.5 Å². The second kappa shape index (κ2) is 9.27. The Hall–Kier alpha value is -3.00. The molecule has 1 N–H and O–H groups in total. The van der Waals surface area contributed by atoms with Crippen molar-refractivity contribution in [1.82, 2.24) is 0 Å². The molecule has 0 unspecified atom stereocenters. The topological polar surface area (TPSA) is 86.2 Å². The first-order valence-corrected chi connectivity index (χ1v) is 9.45. The molecule has 1 heterocycles. The van der Waals surface area contributed by atoms with Crippen molar-refractivity contribution in [2.45, 2.75) is 11.7 Å². The lowest BCUT2D eigenvalue weighted by atomic mass is 10.2. The quantitative estimate of drug-likeness (QED) is 0.733. The molecule has 1 aliphatic heterocycles. The lowest BCUT2D eigenvalue weighted by Crippen LogP contribution is -2.21. The van der Waals surface area contributed by atoms with Gasteiger partial charge in [0.15, 0.2) is 0 Å². The molecule has 2 aromatic rings. The van der Waals surface area contributed by atoms with Gasteiger partial charge in [-0.3, -0.25) is 9.59 Å². The third-order valence-electron chi connectivity index (χ3n) is 3.95. The van der Waals surface area contributed by atoms with E-state index < -0.39 is 5.25 Å². The van der Waals surface area contributed by atoms with Gasteiger partial charge in [-0.1, -0.05) is 30.0 Å². The third kappa shape index (κ3) is 5.04. The zero-order chi connectivity index (χ0) is 19.9. The first-order chi connectivity index (χ1) is 13.6. The monoisotopic (exact) mass is 400 g/mol. The summed E-state index contributed by atoms with van der Waals surface area (Å²) < 4.78 is 16.0. The number of benzene rings is 2. The van der Waals surface area contributed by atoms with Gasteiger partial charge in [0.05, 0.1) is 19.9 Å². The highest BCUT2D eigenvalue weighted by Crippen LogP contribution is 2.30. The van der Waals surface area contributed by atoms with Crippen LogP contribution in [0.15, 0.2) is 53.5 Å². The molecule has 0 saturated heterocycles. The summed E-state index contributed by atoms with van der Waals surface area (Å²) >= 11 is 1.25. The molecule has 8 heteroatoms. The zero-order valence-electron chi connectivity index (χ0n) is 15.5. The fraction of sp³-hybridized carbons (Fsp3) is 0.250. The third-order valence-corrected chi connectivity index (χ3v) is 5.08. The molecule has 7 nitrogen and oxygen atoms in total. The van der Waals surface area contributed by atoms with Gasteiger partial charge < -0.3 is 19.5 Å². The van der Waals surface area contributed by atoms with Gasteiger partial charge >= 0.3 is 0 Å². The number of carbonyl (C=O) groups is 2. The van der Waals surface area contributed by atoms with Crippen LogP contribution in [0.25, 0.3) is 0 Å². The minimum absolute atomic E-state index is 0.00218. The van der Waals surface area contributed by atoms with Crippen molar-refractivity contribution in [3.8, 4) is 17.2 Å².